The van der Waals surface area contributed by atoms with Gasteiger partial charge in [0.2, 0.25) is 0 Å². The molecule has 4 heteroatoms. The molecule has 0 unspecified atom stereocenters. The predicted octanol–water partition coefficient (Wildman–Crippen LogP) is 5.91. The summed E-state index contributed by atoms with van der Waals surface area (Å²) in [6.07, 6.45) is 0.823. The van der Waals surface area contributed by atoms with Crippen LogP contribution in [-0.2, 0) is 6.42 Å². The fraction of sp³-hybridized carbons (Fsp3) is 0.174. The molecule has 0 amide bonds. The Bertz CT molecular complexity index is 915. The van der Waals surface area contributed by atoms with Gasteiger partial charge in [-0.25, -0.2) is 4.79 Å². The molecular formula is C23H21BrO3. The Morgan fingerprint density at radius 2 is 1.63 bits per heavy atom. The summed E-state index contributed by atoms with van der Waals surface area (Å²) in [5, 5.41) is 0. The largest absolute Gasteiger partial charge is 0.492 e. The monoisotopic (exact) mass is 424 g/mol. The Morgan fingerprint density at radius 1 is 0.926 bits per heavy atom. The van der Waals surface area contributed by atoms with Crippen molar-refractivity contribution in [2.75, 3.05) is 6.61 Å². The summed E-state index contributed by atoms with van der Waals surface area (Å²) >= 11 is 3.48. The number of carbonyl (C=O) groups is 1. The van der Waals surface area contributed by atoms with Gasteiger partial charge >= 0.3 is 5.97 Å². The number of carbonyl (C=O) groups excluding carboxylic acids is 1. The third kappa shape index (κ3) is 4.98. The first kappa shape index (κ1) is 19.2. The van der Waals surface area contributed by atoms with E-state index in [2.05, 4.69) is 28.1 Å². The molecular weight excluding hydrogens is 404 g/mol. The number of hydrogen-bond donors (Lipinski definition) is 0. The van der Waals surface area contributed by atoms with Crippen molar-refractivity contribution >= 4 is 21.9 Å². The second-order valence-electron chi connectivity index (χ2n) is 6.34. The molecule has 0 aliphatic rings. The lowest BCUT2D eigenvalue weighted by molar-refractivity contribution is 0.0732. The van der Waals surface area contributed by atoms with E-state index in [0.29, 0.717) is 23.7 Å². The van der Waals surface area contributed by atoms with E-state index in [0.717, 1.165) is 22.0 Å². The van der Waals surface area contributed by atoms with E-state index in [-0.39, 0.29) is 5.97 Å². The highest BCUT2D eigenvalue weighted by molar-refractivity contribution is 9.10. The molecule has 0 bridgehead atoms. The minimum atomic E-state index is -0.385. The second-order valence-corrected chi connectivity index (χ2v) is 7.19. The van der Waals surface area contributed by atoms with Crippen LogP contribution in [0.3, 0.4) is 0 Å². The topological polar surface area (TPSA) is 35.5 Å². The molecule has 0 saturated heterocycles. The van der Waals surface area contributed by atoms with E-state index in [1.807, 2.05) is 50.2 Å². The van der Waals surface area contributed by atoms with E-state index in [9.17, 15) is 4.79 Å². The average molecular weight is 425 g/mol. The summed E-state index contributed by atoms with van der Waals surface area (Å²) in [7, 11) is 0. The minimum absolute atomic E-state index is 0.385. The van der Waals surface area contributed by atoms with E-state index in [1.54, 1.807) is 18.2 Å². The van der Waals surface area contributed by atoms with Crippen LogP contribution in [0.15, 0.2) is 71.2 Å². The van der Waals surface area contributed by atoms with Crippen LogP contribution in [-0.4, -0.2) is 12.6 Å². The molecule has 0 N–H and O–H groups in total. The zero-order valence-corrected chi connectivity index (χ0v) is 17.0. The molecule has 0 aliphatic carbocycles. The third-order valence-electron chi connectivity index (χ3n) is 4.26. The number of benzene rings is 3. The average Bonchev–Trinajstić information content (AvgIpc) is 2.67. The molecule has 3 rings (SSSR count). The molecule has 0 radical (unpaired) electrons. The number of para-hydroxylation sites is 1. The summed E-state index contributed by atoms with van der Waals surface area (Å²) in [4.78, 5) is 12.5. The zero-order valence-electron chi connectivity index (χ0n) is 15.4. The van der Waals surface area contributed by atoms with Crippen LogP contribution in [0.2, 0.25) is 0 Å². The van der Waals surface area contributed by atoms with E-state index in [1.165, 1.54) is 5.56 Å². The van der Waals surface area contributed by atoms with Gasteiger partial charge in [0.25, 0.3) is 0 Å². The van der Waals surface area contributed by atoms with Crippen molar-refractivity contribution in [3.05, 3.63) is 93.5 Å². The van der Waals surface area contributed by atoms with Crippen molar-refractivity contribution < 1.29 is 14.3 Å². The number of ether oxygens (including phenoxy) is 2. The number of hydrogen-bond acceptors (Lipinski definition) is 3. The van der Waals surface area contributed by atoms with Crippen molar-refractivity contribution in [3.63, 3.8) is 0 Å². The van der Waals surface area contributed by atoms with Gasteiger partial charge in [0.15, 0.2) is 0 Å². The van der Waals surface area contributed by atoms with Gasteiger partial charge in [0, 0.05) is 6.42 Å². The van der Waals surface area contributed by atoms with Crippen LogP contribution < -0.4 is 9.47 Å². The minimum Gasteiger partial charge on any atom is -0.492 e. The molecule has 0 aromatic heterocycles. The molecule has 3 nitrogen and oxygen atoms in total. The summed E-state index contributed by atoms with van der Waals surface area (Å²) in [6.45, 7) is 4.42. The van der Waals surface area contributed by atoms with Crippen LogP contribution >= 0.6 is 15.9 Å². The van der Waals surface area contributed by atoms with Gasteiger partial charge in [0.05, 0.1) is 16.6 Å². The lowest BCUT2D eigenvalue weighted by Crippen LogP contribution is -2.10. The SMILES string of the molecule is Cc1cccc(C)c1OC(=O)c1ccc(OCCc2ccccc2)c(Br)c1. The highest BCUT2D eigenvalue weighted by Gasteiger charge is 2.14. The first-order chi connectivity index (χ1) is 13.0. The standard InChI is InChI=1S/C23H21BrO3/c1-16-7-6-8-17(2)22(16)27-23(25)19-11-12-21(20(24)15-19)26-14-13-18-9-4-3-5-10-18/h3-12,15H,13-14H2,1-2H3. The number of halogens is 1. The lowest BCUT2D eigenvalue weighted by Gasteiger charge is -2.12. The maximum Gasteiger partial charge on any atom is 0.343 e. The lowest BCUT2D eigenvalue weighted by atomic mass is 10.1. The highest BCUT2D eigenvalue weighted by Crippen LogP contribution is 2.28. The van der Waals surface area contributed by atoms with Crippen molar-refractivity contribution in [1.29, 1.82) is 0 Å². The van der Waals surface area contributed by atoms with Crippen LogP contribution in [0.1, 0.15) is 27.0 Å². The number of esters is 1. The molecule has 3 aromatic carbocycles. The fourth-order valence-corrected chi connectivity index (χ4v) is 3.27. The Balaban J connectivity index is 1.64. The third-order valence-corrected chi connectivity index (χ3v) is 4.88. The van der Waals surface area contributed by atoms with Crippen LogP contribution in [0, 0.1) is 13.8 Å². The quantitative estimate of drug-likeness (QED) is 0.364. The first-order valence-electron chi connectivity index (χ1n) is 8.79. The summed E-state index contributed by atoms with van der Waals surface area (Å²) < 4.78 is 12.2. The van der Waals surface area contributed by atoms with Crippen molar-refractivity contribution in [2.24, 2.45) is 0 Å². The zero-order chi connectivity index (χ0) is 19.2. The van der Waals surface area contributed by atoms with E-state index in [4.69, 9.17) is 9.47 Å². The van der Waals surface area contributed by atoms with Crippen molar-refractivity contribution in [1.82, 2.24) is 0 Å². The van der Waals surface area contributed by atoms with E-state index >= 15 is 0 Å². The van der Waals surface area contributed by atoms with Gasteiger partial charge < -0.3 is 9.47 Å². The molecule has 138 valence electrons. The van der Waals surface area contributed by atoms with Crippen LogP contribution in [0.25, 0.3) is 0 Å². The Labute approximate surface area is 168 Å². The Morgan fingerprint density at radius 3 is 2.30 bits per heavy atom. The molecule has 27 heavy (non-hydrogen) atoms. The molecule has 0 spiro atoms. The highest BCUT2D eigenvalue weighted by atomic mass is 79.9. The maximum atomic E-state index is 12.5. The van der Waals surface area contributed by atoms with Crippen LogP contribution in [0.5, 0.6) is 11.5 Å². The fourth-order valence-electron chi connectivity index (χ4n) is 2.78. The summed E-state index contributed by atoms with van der Waals surface area (Å²) in [6, 6.07) is 21.2. The van der Waals surface area contributed by atoms with E-state index < -0.39 is 0 Å². The molecule has 3 aromatic rings. The summed E-state index contributed by atoms with van der Waals surface area (Å²) in [5.74, 6) is 0.931. The predicted molar refractivity (Wildman–Crippen MR) is 111 cm³/mol. The van der Waals surface area contributed by atoms with Gasteiger partial charge in [-0.05, 0) is 64.7 Å². The maximum absolute atomic E-state index is 12.5. The normalized spacial score (nSPS) is 10.5. The molecule has 0 aliphatic heterocycles. The molecule has 0 atom stereocenters. The smallest absolute Gasteiger partial charge is 0.343 e. The Kier molecular flexibility index (Phi) is 6.30. The molecule has 0 fully saturated rings. The van der Waals surface area contributed by atoms with Gasteiger partial charge in [-0.2, -0.15) is 0 Å². The summed E-state index contributed by atoms with van der Waals surface area (Å²) in [5.41, 5.74) is 3.56. The molecule has 0 saturated carbocycles. The first-order valence-corrected chi connectivity index (χ1v) is 9.58. The van der Waals surface area contributed by atoms with Gasteiger partial charge in [-0.1, -0.05) is 48.5 Å². The molecule has 0 heterocycles. The van der Waals surface area contributed by atoms with Crippen molar-refractivity contribution in [3.8, 4) is 11.5 Å². The van der Waals surface area contributed by atoms with Gasteiger partial charge in [-0.3, -0.25) is 0 Å². The Hall–Kier alpha value is -2.59. The number of aryl methyl sites for hydroxylation is 2. The van der Waals surface area contributed by atoms with Crippen molar-refractivity contribution in [2.45, 2.75) is 20.3 Å². The number of rotatable bonds is 6. The van der Waals surface area contributed by atoms with Gasteiger partial charge in [0.1, 0.15) is 11.5 Å². The van der Waals surface area contributed by atoms with Gasteiger partial charge in [-0.15, -0.1) is 0 Å². The van der Waals surface area contributed by atoms with Crippen LogP contribution in [0.4, 0.5) is 0 Å². The second kappa shape index (κ2) is 8.87.